The molecular weight excluding hydrogens is 206 g/mol. The van der Waals surface area contributed by atoms with E-state index in [9.17, 15) is 0 Å². The first-order valence-corrected chi connectivity index (χ1v) is 4.26. The smallest absolute Gasteiger partial charge is 0.0517 e. The first-order valence-electron chi connectivity index (χ1n) is 3.47. The monoisotopic (exact) mass is 215 g/mol. The van der Waals surface area contributed by atoms with Crippen molar-refractivity contribution in [2.45, 2.75) is 13.3 Å². The number of pyridine rings is 1. The molecule has 0 bridgehead atoms. The van der Waals surface area contributed by atoms with E-state index in [1.807, 2.05) is 19.1 Å². The highest BCUT2D eigenvalue weighted by Crippen LogP contribution is 2.13. The van der Waals surface area contributed by atoms with Crippen molar-refractivity contribution < 1.29 is 5.11 Å². The van der Waals surface area contributed by atoms with Crippen molar-refractivity contribution in [1.29, 1.82) is 0 Å². The number of hydrogen-bond acceptors (Lipinski definition) is 2. The lowest BCUT2D eigenvalue weighted by Crippen LogP contribution is -1.95. The second-order valence-corrected chi connectivity index (χ2v) is 3.20. The molecule has 0 aliphatic rings. The average Bonchev–Trinajstić information content (AvgIpc) is 1.98. The lowest BCUT2D eigenvalue weighted by molar-refractivity contribution is 0.298. The van der Waals surface area contributed by atoms with Crippen molar-refractivity contribution >= 4 is 15.9 Å². The lowest BCUT2D eigenvalue weighted by Gasteiger charge is -2.00. The molecule has 0 atom stereocenters. The molecule has 1 heterocycles. The Balaban J connectivity index is 2.86. The number of rotatable bonds is 2. The standard InChI is InChI=1S/C8H10BrNO/c1-6-8(9)3-2-7(10-6)4-5-11/h2-3,11H,4-5H2,1H3. The van der Waals surface area contributed by atoms with Gasteiger partial charge < -0.3 is 5.11 Å². The van der Waals surface area contributed by atoms with Gasteiger partial charge in [-0.05, 0) is 35.0 Å². The van der Waals surface area contributed by atoms with Crippen LogP contribution < -0.4 is 0 Å². The van der Waals surface area contributed by atoms with Crippen molar-refractivity contribution in [3.8, 4) is 0 Å². The first-order chi connectivity index (χ1) is 5.24. The third-order valence-corrected chi connectivity index (χ3v) is 2.29. The van der Waals surface area contributed by atoms with Crippen LogP contribution in [0.15, 0.2) is 16.6 Å². The number of aliphatic hydroxyl groups excluding tert-OH is 1. The van der Waals surface area contributed by atoms with Crippen LogP contribution in [0.3, 0.4) is 0 Å². The maximum Gasteiger partial charge on any atom is 0.0517 e. The second-order valence-electron chi connectivity index (χ2n) is 2.34. The zero-order valence-electron chi connectivity index (χ0n) is 6.34. The molecule has 0 spiro atoms. The molecule has 0 aliphatic carbocycles. The third-order valence-electron chi connectivity index (χ3n) is 1.45. The summed E-state index contributed by atoms with van der Waals surface area (Å²) in [7, 11) is 0. The predicted octanol–water partition coefficient (Wildman–Crippen LogP) is 1.69. The largest absolute Gasteiger partial charge is 0.396 e. The van der Waals surface area contributed by atoms with Crippen LogP contribution in [-0.2, 0) is 6.42 Å². The Morgan fingerprint density at radius 1 is 1.55 bits per heavy atom. The molecule has 0 aromatic carbocycles. The Morgan fingerprint density at radius 2 is 2.27 bits per heavy atom. The molecule has 2 nitrogen and oxygen atoms in total. The highest BCUT2D eigenvalue weighted by Gasteiger charge is 1.97. The van der Waals surface area contributed by atoms with Crippen molar-refractivity contribution in [1.82, 2.24) is 4.98 Å². The fourth-order valence-corrected chi connectivity index (χ4v) is 1.07. The van der Waals surface area contributed by atoms with Crippen molar-refractivity contribution in [3.05, 3.63) is 28.0 Å². The van der Waals surface area contributed by atoms with Crippen molar-refractivity contribution in [2.75, 3.05) is 6.61 Å². The van der Waals surface area contributed by atoms with E-state index in [2.05, 4.69) is 20.9 Å². The fraction of sp³-hybridized carbons (Fsp3) is 0.375. The summed E-state index contributed by atoms with van der Waals surface area (Å²) in [4.78, 5) is 4.26. The molecule has 3 heteroatoms. The molecule has 1 aromatic heterocycles. The van der Waals surface area contributed by atoms with Gasteiger partial charge in [-0.1, -0.05) is 0 Å². The van der Waals surface area contributed by atoms with E-state index >= 15 is 0 Å². The normalized spacial score (nSPS) is 10.1. The first kappa shape index (κ1) is 8.68. The van der Waals surface area contributed by atoms with Crippen molar-refractivity contribution in [2.24, 2.45) is 0 Å². The molecule has 0 unspecified atom stereocenters. The Labute approximate surface area is 74.4 Å². The molecule has 0 saturated heterocycles. The van der Waals surface area contributed by atoms with Gasteiger partial charge in [0.1, 0.15) is 0 Å². The summed E-state index contributed by atoms with van der Waals surface area (Å²) in [6.45, 7) is 2.10. The van der Waals surface area contributed by atoms with Crippen LogP contribution in [0.1, 0.15) is 11.4 Å². The summed E-state index contributed by atoms with van der Waals surface area (Å²) < 4.78 is 1.01. The Kier molecular flexibility index (Phi) is 3.02. The summed E-state index contributed by atoms with van der Waals surface area (Å²) in [5.74, 6) is 0. The zero-order chi connectivity index (χ0) is 8.27. The summed E-state index contributed by atoms with van der Waals surface area (Å²) in [6, 6.07) is 3.86. The Morgan fingerprint density at radius 3 is 2.82 bits per heavy atom. The van der Waals surface area contributed by atoms with E-state index in [-0.39, 0.29) is 6.61 Å². The van der Waals surface area contributed by atoms with E-state index in [0.29, 0.717) is 6.42 Å². The molecule has 1 rings (SSSR count). The molecule has 1 N–H and O–H groups in total. The Hall–Kier alpha value is -0.410. The molecule has 0 amide bonds. The van der Waals surface area contributed by atoms with E-state index in [0.717, 1.165) is 15.9 Å². The van der Waals surface area contributed by atoms with Crippen LogP contribution in [0.4, 0.5) is 0 Å². The number of aryl methyl sites for hydroxylation is 1. The van der Waals surface area contributed by atoms with Crippen LogP contribution in [0.5, 0.6) is 0 Å². The highest BCUT2D eigenvalue weighted by atomic mass is 79.9. The molecule has 0 saturated carbocycles. The molecule has 60 valence electrons. The minimum absolute atomic E-state index is 0.161. The average molecular weight is 216 g/mol. The van der Waals surface area contributed by atoms with Crippen molar-refractivity contribution in [3.63, 3.8) is 0 Å². The minimum Gasteiger partial charge on any atom is -0.396 e. The third kappa shape index (κ3) is 2.27. The molecule has 1 aromatic rings. The molecule has 0 aliphatic heterocycles. The van der Waals surface area contributed by atoms with Crippen LogP contribution in [0.25, 0.3) is 0 Å². The van der Waals surface area contributed by atoms with E-state index in [1.165, 1.54) is 0 Å². The minimum atomic E-state index is 0.161. The van der Waals surface area contributed by atoms with Gasteiger partial charge in [0.25, 0.3) is 0 Å². The lowest BCUT2D eigenvalue weighted by atomic mass is 10.2. The quantitative estimate of drug-likeness (QED) is 0.815. The van der Waals surface area contributed by atoms with Gasteiger partial charge in [0.2, 0.25) is 0 Å². The van der Waals surface area contributed by atoms with Gasteiger partial charge >= 0.3 is 0 Å². The van der Waals surface area contributed by atoms with Gasteiger partial charge in [-0.25, -0.2) is 0 Å². The molecule has 11 heavy (non-hydrogen) atoms. The number of nitrogens with zero attached hydrogens (tertiary/aromatic N) is 1. The molecular formula is C8H10BrNO. The van der Waals surface area contributed by atoms with Crippen LogP contribution in [0, 0.1) is 6.92 Å². The van der Waals surface area contributed by atoms with E-state index < -0.39 is 0 Å². The molecule has 0 radical (unpaired) electrons. The predicted molar refractivity (Wildman–Crippen MR) is 47.5 cm³/mol. The van der Waals surface area contributed by atoms with Crippen LogP contribution in [0.2, 0.25) is 0 Å². The van der Waals surface area contributed by atoms with E-state index in [4.69, 9.17) is 5.11 Å². The SMILES string of the molecule is Cc1nc(CCO)ccc1Br. The Bertz CT molecular complexity index is 250. The second kappa shape index (κ2) is 3.83. The molecule has 0 fully saturated rings. The van der Waals surface area contributed by atoms with Gasteiger partial charge in [0.15, 0.2) is 0 Å². The van der Waals surface area contributed by atoms with Gasteiger partial charge in [0.05, 0.1) is 5.69 Å². The summed E-state index contributed by atoms with van der Waals surface area (Å²) in [6.07, 6.45) is 0.633. The fourth-order valence-electron chi connectivity index (χ4n) is 0.850. The summed E-state index contributed by atoms with van der Waals surface area (Å²) in [5.41, 5.74) is 1.91. The maximum atomic E-state index is 8.63. The van der Waals surface area contributed by atoms with Gasteiger partial charge in [-0.15, -0.1) is 0 Å². The number of hydrogen-bond donors (Lipinski definition) is 1. The van der Waals surface area contributed by atoms with Gasteiger partial charge in [-0.2, -0.15) is 0 Å². The summed E-state index contributed by atoms with van der Waals surface area (Å²) in [5, 5.41) is 8.63. The number of aliphatic hydroxyl groups is 1. The number of halogens is 1. The zero-order valence-corrected chi connectivity index (χ0v) is 7.93. The van der Waals surface area contributed by atoms with E-state index in [1.54, 1.807) is 0 Å². The topological polar surface area (TPSA) is 33.1 Å². The van der Waals surface area contributed by atoms with Gasteiger partial charge in [0, 0.05) is 23.2 Å². The van der Waals surface area contributed by atoms with Gasteiger partial charge in [-0.3, -0.25) is 4.98 Å². The van der Waals surface area contributed by atoms with Crippen LogP contribution >= 0.6 is 15.9 Å². The van der Waals surface area contributed by atoms with Crippen LogP contribution in [-0.4, -0.2) is 16.7 Å². The number of aromatic nitrogens is 1. The highest BCUT2D eigenvalue weighted by molar-refractivity contribution is 9.10. The summed E-state index contributed by atoms with van der Waals surface area (Å²) >= 11 is 3.36. The maximum absolute atomic E-state index is 8.63.